The van der Waals surface area contributed by atoms with E-state index in [1.165, 1.54) is 70.1 Å². The third kappa shape index (κ3) is 3.56. The molecule has 0 radical (unpaired) electrons. The van der Waals surface area contributed by atoms with E-state index in [2.05, 4.69) is 155 Å². The van der Waals surface area contributed by atoms with Crippen LogP contribution < -0.4 is 10.6 Å². The molecule has 3 nitrogen and oxygen atoms in total. The molecule has 0 saturated carbocycles. The Kier molecular flexibility index (Phi) is 5.27. The average Bonchev–Trinajstić information content (AvgIpc) is 3.61. The van der Waals surface area contributed by atoms with E-state index in [0.717, 1.165) is 0 Å². The van der Waals surface area contributed by atoms with E-state index in [0.29, 0.717) is 0 Å². The van der Waals surface area contributed by atoms with Crippen LogP contribution in [0.1, 0.15) is 17.3 Å². The molecular formula is C38H27N3S. The van der Waals surface area contributed by atoms with Gasteiger partial charge in [0.2, 0.25) is 0 Å². The number of allylic oxidation sites excluding steroid dienone is 2. The summed E-state index contributed by atoms with van der Waals surface area (Å²) in [6.45, 7) is 0. The first kappa shape index (κ1) is 23.8. The zero-order valence-corrected chi connectivity index (χ0v) is 23.6. The summed E-state index contributed by atoms with van der Waals surface area (Å²) in [6, 6.07) is 42.0. The Balaban J connectivity index is 1.18. The fourth-order valence-electron chi connectivity index (χ4n) is 6.72. The molecule has 3 heterocycles. The van der Waals surface area contributed by atoms with Crippen LogP contribution in [0.5, 0.6) is 0 Å². The van der Waals surface area contributed by atoms with Gasteiger partial charge in [-0.25, -0.2) is 0 Å². The summed E-state index contributed by atoms with van der Waals surface area (Å²) >= 11 is 1.89. The standard InChI is InChI=1S/C38H27N3S/c1-2-10-24(11-3-1)35-31-14-4-7-15-32(31)39-38(40-35)25-18-20-26(21-19-25)41-33-16-8-5-12-27(33)29-22-23-30-28-13-6-9-17-34(28)42-37(30)36(29)41/h1-23,32,38-40H. The fraction of sp³-hybridized carbons (Fsp3) is 0.0526. The zero-order valence-electron chi connectivity index (χ0n) is 22.8. The van der Waals surface area contributed by atoms with E-state index < -0.39 is 0 Å². The van der Waals surface area contributed by atoms with Gasteiger partial charge in [-0.3, -0.25) is 5.32 Å². The highest BCUT2D eigenvalue weighted by Gasteiger charge is 2.28. The predicted octanol–water partition coefficient (Wildman–Crippen LogP) is 9.25. The van der Waals surface area contributed by atoms with Crippen LogP contribution >= 0.6 is 11.3 Å². The topological polar surface area (TPSA) is 29.0 Å². The summed E-state index contributed by atoms with van der Waals surface area (Å²) < 4.78 is 5.12. The number of hydrogen-bond acceptors (Lipinski definition) is 3. The van der Waals surface area contributed by atoms with Gasteiger partial charge in [-0.2, -0.15) is 0 Å². The zero-order chi connectivity index (χ0) is 27.6. The number of fused-ring (bicyclic) bond motifs is 8. The summed E-state index contributed by atoms with van der Waals surface area (Å²) in [4.78, 5) is 0. The van der Waals surface area contributed by atoms with Crippen LogP contribution in [0.4, 0.5) is 0 Å². The van der Waals surface area contributed by atoms with E-state index in [1.807, 2.05) is 11.3 Å². The van der Waals surface area contributed by atoms with Gasteiger partial charge in [0.15, 0.2) is 0 Å². The Morgan fingerprint density at radius 2 is 1.40 bits per heavy atom. The quantitative estimate of drug-likeness (QED) is 0.227. The van der Waals surface area contributed by atoms with E-state index >= 15 is 0 Å². The van der Waals surface area contributed by atoms with Gasteiger partial charge in [0.1, 0.15) is 6.17 Å². The van der Waals surface area contributed by atoms with Crippen molar-refractivity contribution in [1.82, 2.24) is 15.2 Å². The second-order valence-electron chi connectivity index (χ2n) is 11.0. The molecule has 0 bridgehead atoms. The number of nitrogens with one attached hydrogen (secondary N) is 2. The first-order valence-corrected chi connectivity index (χ1v) is 15.3. The number of rotatable bonds is 3. The smallest absolute Gasteiger partial charge is 0.104 e. The number of para-hydroxylation sites is 1. The van der Waals surface area contributed by atoms with Crippen molar-refractivity contribution < 1.29 is 0 Å². The third-order valence-electron chi connectivity index (χ3n) is 8.68. The lowest BCUT2D eigenvalue weighted by atomic mass is 9.92. The van der Waals surface area contributed by atoms with Crippen molar-refractivity contribution in [2.24, 2.45) is 0 Å². The fourth-order valence-corrected chi connectivity index (χ4v) is 7.96. The van der Waals surface area contributed by atoms with Gasteiger partial charge in [-0.05, 0) is 41.0 Å². The Hall–Kier alpha value is -4.90. The first-order chi connectivity index (χ1) is 20.8. The van der Waals surface area contributed by atoms with Crippen LogP contribution in [0.15, 0.2) is 145 Å². The Bertz CT molecular complexity index is 2250. The van der Waals surface area contributed by atoms with E-state index in [4.69, 9.17) is 0 Å². The van der Waals surface area contributed by atoms with Gasteiger partial charge in [0.05, 0.1) is 21.8 Å². The molecule has 2 atom stereocenters. The van der Waals surface area contributed by atoms with Crippen LogP contribution in [0, 0.1) is 0 Å². The number of nitrogens with zero attached hydrogens (tertiary/aromatic N) is 1. The Morgan fingerprint density at radius 1 is 0.643 bits per heavy atom. The molecule has 1 aliphatic heterocycles. The van der Waals surface area contributed by atoms with Gasteiger partial charge in [0, 0.05) is 37.6 Å². The Labute approximate surface area is 247 Å². The highest BCUT2D eigenvalue weighted by molar-refractivity contribution is 7.26. The molecule has 7 aromatic rings. The molecule has 4 heteroatoms. The van der Waals surface area contributed by atoms with E-state index in [9.17, 15) is 0 Å². The molecule has 2 aromatic heterocycles. The second kappa shape index (κ2) is 9.31. The van der Waals surface area contributed by atoms with Crippen molar-refractivity contribution in [3.8, 4) is 5.69 Å². The number of benzene rings is 5. The molecule has 0 amide bonds. The van der Waals surface area contributed by atoms with E-state index in [1.54, 1.807) is 0 Å². The molecule has 1 aliphatic carbocycles. The van der Waals surface area contributed by atoms with Gasteiger partial charge >= 0.3 is 0 Å². The molecule has 0 fully saturated rings. The molecule has 2 N–H and O–H groups in total. The SMILES string of the molecule is C1=CC2=C(c3ccccc3)NC(c3ccc(-n4c5ccccc5c5ccc6c7ccccc7sc6c54)cc3)NC2C=C1. The van der Waals surface area contributed by atoms with Crippen LogP contribution in [0.2, 0.25) is 0 Å². The maximum absolute atomic E-state index is 3.82. The van der Waals surface area contributed by atoms with Crippen molar-refractivity contribution in [3.63, 3.8) is 0 Å². The van der Waals surface area contributed by atoms with Crippen LogP contribution in [-0.2, 0) is 0 Å². The van der Waals surface area contributed by atoms with Crippen LogP contribution in [0.25, 0.3) is 53.4 Å². The highest BCUT2D eigenvalue weighted by Crippen LogP contribution is 2.43. The number of thiophene rings is 1. The largest absolute Gasteiger partial charge is 0.365 e. The van der Waals surface area contributed by atoms with Crippen molar-refractivity contribution in [2.45, 2.75) is 12.2 Å². The molecule has 2 aliphatic rings. The minimum absolute atomic E-state index is 0.00777. The maximum atomic E-state index is 3.82. The van der Waals surface area contributed by atoms with Crippen LogP contribution in [0.3, 0.4) is 0 Å². The molecular weight excluding hydrogens is 531 g/mol. The van der Waals surface area contributed by atoms with Gasteiger partial charge in [0.25, 0.3) is 0 Å². The average molecular weight is 558 g/mol. The lowest BCUT2D eigenvalue weighted by Gasteiger charge is -2.36. The second-order valence-corrected chi connectivity index (χ2v) is 12.1. The molecule has 0 saturated heterocycles. The Morgan fingerprint density at radius 3 is 2.29 bits per heavy atom. The summed E-state index contributed by atoms with van der Waals surface area (Å²) in [7, 11) is 0. The van der Waals surface area contributed by atoms with Crippen molar-refractivity contribution in [2.75, 3.05) is 0 Å². The summed E-state index contributed by atoms with van der Waals surface area (Å²) in [5.74, 6) is 0. The number of aromatic nitrogens is 1. The molecule has 200 valence electrons. The highest BCUT2D eigenvalue weighted by atomic mass is 32.1. The molecule has 42 heavy (non-hydrogen) atoms. The molecule has 2 unspecified atom stereocenters. The summed E-state index contributed by atoms with van der Waals surface area (Å²) in [5.41, 5.74) is 8.57. The summed E-state index contributed by atoms with van der Waals surface area (Å²) in [5, 5.41) is 12.9. The molecule has 9 rings (SSSR count). The monoisotopic (exact) mass is 557 g/mol. The summed E-state index contributed by atoms with van der Waals surface area (Å²) in [6.07, 6.45) is 8.70. The van der Waals surface area contributed by atoms with Crippen molar-refractivity contribution in [1.29, 1.82) is 0 Å². The van der Waals surface area contributed by atoms with Crippen LogP contribution in [-0.4, -0.2) is 10.6 Å². The number of hydrogen-bond donors (Lipinski definition) is 2. The van der Waals surface area contributed by atoms with Gasteiger partial charge < -0.3 is 9.88 Å². The van der Waals surface area contributed by atoms with E-state index in [-0.39, 0.29) is 12.2 Å². The minimum Gasteiger partial charge on any atom is -0.365 e. The normalized spacial score (nSPS) is 18.3. The first-order valence-electron chi connectivity index (χ1n) is 14.4. The minimum atomic E-state index is -0.00777. The lowest BCUT2D eigenvalue weighted by molar-refractivity contribution is 0.460. The van der Waals surface area contributed by atoms with Crippen molar-refractivity contribution in [3.05, 3.63) is 156 Å². The van der Waals surface area contributed by atoms with Gasteiger partial charge in [-0.1, -0.05) is 115 Å². The molecule has 5 aromatic carbocycles. The third-order valence-corrected chi connectivity index (χ3v) is 9.87. The van der Waals surface area contributed by atoms with Crippen molar-refractivity contribution >= 4 is 59.0 Å². The predicted molar refractivity (Wildman–Crippen MR) is 178 cm³/mol. The molecule has 0 spiro atoms. The lowest BCUT2D eigenvalue weighted by Crippen LogP contribution is -2.45. The van der Waals surface area contributed by atoms with Gasteiger partial charge in [-0.15, -0.1) is 11.3 Å². The maximum Gasteiger partial charge on any atom is 0.104 e.